The minimum absolute atomic E-state index is 0.0460. The number of benzene rings is 1. The second kappa shape index (κ2) is 6.05. The van der Waals surface area contributed by atoms with Crippen molar-refractivity contribution in [1.82, 2.24) is 20.0 Å². The summed E-state index contributed by atoms with van der Waals surface area (Å²) in [5, 5.41) is 8.50. The lowest BCUT2D eigenvalue weighted by Gasteiger charge is -2.26. The molecule has 0 unspecified atom stereocenters. The zero-order valence-electron chi connectivity index (χ0n) is 11.2. The van der Waals surface area contributed by atoms with Crippen molar-refractivity contribution in [2.45, 2.75) is 0 Å². The lowest BCUT2D eigenvalue weighted by Crippen LogP contribution is -2.46. The van der Waals surface area contributed by atoms with Crippen LogP contribution in [0.15, 0.2) is 30.5 Å². The number of nitrogens with zero attached hydrogens (tertiary/aromatic N) is 3. The molecule has 1 fully saturated rings. The summed E-state index contributed by atoms with van der Waals surface area (Å²) in [6.45, 7) is 3.05. The maximum Gasteiger partial charge on any atom is 0.274 e. The van der Waals surface area contributed by atoms with E-state index in [0.29, 0.717) is 28.8 Å². The van der Waals surface area contributed by atoms with Crippen molar-refractivity contribution in [3.05, 3.63) is 46.2 Å². The van der Waals surface area contributed by atoms with Gasteiger partial charge >= 0.3 is 0 Å². The highest BCUT2D eigenvalue weighted by atomic mass is 35.5. The van der Waals surface area contributed by atoms with Crippen molar-refractivity contribution in [2.75, 3.05) is 26.2 Å². The van der Waals surface area contributed by atoms with Gasteiger partial charge in [0, 0.05) is 32.4 Å². The molecule has 1 N–H and O–H groups in total. The Bertz CT molecular complexity index is 665. The zero-order valence-corrected chi connectivity index (χ0v) is 12.7. The summed E-state index contributed by atoms with van der Waals surface area (Å²) in [5.41, 5.74) is 1.20. The molecule has 21 heavy (non-hydrogen) atoms. The molecular weight excluding hydrogens is 311 g/mol. The molecule has 1 aromatic carbocycles. The summed E-state index contributed by atoms with van der Waals surface area (Å²) in [6, 6.07) is 6.95. The minimum Gasteiger partial charge on any atom is -0.335 e. The number of carbonyl (C=O) groups excluding carboxylic acids is 1. The lowest BCUT2D eigenvalue weighted by molar-refractivity contribution is 0.0729. The lowest BCUT2D eigenvalue weighted by atomic mass is 10.3. The standard InChI is InChI=1S/C14H14Cl2N4O/c15-11-2-1-10(9-12(11)16)20-6-3-13(18-20)14(21)19-7-4-17-5-8-19/h1-3,6,9,17H,4-5,7-8H2. The van der Waals surface area contributed by atoms with Crippen LogP contribution in [-0.2, 0) is 0 Å². The minimum atomic E-state index is -0.0460. The van der Waals surface area contributed by atoms with Crippen LogP contribution in [0.4, 0.5) is 0 Å². The van der Waals surface area contributed by atoms with E-state index in [9.17, 15) is 4.79 Å². The summed E-state index contributed by atoms with van der Waals surface area (Å²) in [6.07, 6.45) is 1.75. The summed E-state index contributed by atoms with van der Waals surface area (Å²) in [7, 11) is 0. The molecule has 1 aliphatic rings. The van der Waals surface area contributed by atoms with E-state index in [1.165, 1.54) is 0 Å². The van der Waals surface area contributed by atoms with Crippen LogP contribution < -0.4 is 5.32 Å². The summed E-state index contributed by atoms with van der Waals surface area (Å²) < 4.78 is 1.62. The topological polar surface area (TPSA) is 50.2 Å². The number of hydrogen-bond acceptors (Lipinski definition) is 3. The normalized spacial score (nSPS) is 15.2. The van der Waals surface area contributed by atoms with Gasteiger partial charge in [-0.2, -0.15) is 5.10 Å². The van der Waals surface area contributed by atoms with Gasteiger partial charge in [-0.3, -0.25) is 4.79 Å². The Kier molecular flexibility index (Phi) is 4.14. The Morgan fingerprint density at radius 1 is 1.14 bits per heavy atom. The van der Waals surface area contributed by atoms with Gasteiger partial charge in [0.1, 0.15) is 0 Å². The van der Waals surface area contributed by atoms with E-state index in [2.05, 4.69) is 10.4 Å². The van der Waals surface area contributed by atoms with Crippen LogP contribution in [0.25, 0.3) is 5.69 Å². The first-order chi connectivity index (χ1) is 10.1. The third-order valence-electron chi connectivity index (χ3n) is 3.38. The fourth-order valence-corrected chi connectivity index (χ4v) is 2.53. The van der Waals surface area contributed by atoms with E-state index in [1.54, 1.807) is 40.0 Å². The largest absolute Gasteiger partial charge is 0.335 e. The van der Waals surface area contributed by atoms with Gasteiger partial charge in [-0.1, -0.05) is 23.2 Å². The monoisotopic (exact) mass is 324 g/mol. The third-order valence-corrected chi connectivity index (χ3v) is 4.12. The number of piperazine rings is 1. The molecule has 1 aliphatic heterocycles. The highest BCUT2D eigenvalue weighted by molar-refractivity contribution is 6.42. The van der Waals surface area contributed by atoms with Crippen LogP contribution in [-0.4, -0.2) is 46.8 Å². The van der Waals surface area contributed by atoms with Crippen molar-refractivity contribution in [1.29, 1.82) is 0 Å². The van der Waals surface area contributed by atoms with Gasteiger partial charge in [0.25, 0.3) is 5.91 Å². The molecule has 7 heteroatoms. The zero-order chi connectivity index (χ0) is 14.8. The first kappa shape index (κ1) is 14.4. The molecule has 0 saturated carbocycles. The van der Waals surface area contributed by atoms with Crippen molar-refractivity contribution < 1.29 is 4.79 Å². The average molecular weight is 325 g/mol. The van der Waals surface area contributed by atoms with E-state index in [4.69, 9.17) is 23.2 Å². The maximum absolute atomic E-state index is 12.3. The predicted octanol–water partition coefficient (Wildman–Crippen LogP) is 2.22. The van der Waals surface area contributed by atoms with E-state index in [-0.39, 0.29) is 5.91 Å². The molecule has 1 aromatic heterocycles. The number of hydrogen-bond donors (Lipinski definition) is 1. The van der Waals surface area contributed by atoms with Gasteiger partial charge in [-0.05, 0) is 24.3 Å². The predicted molar refractivity (Wildman–Crippen MR) is 82.4 cm³/mol. The van der Waals surface area contributed by atoms with Gasteiger partial charge in [0.05, 0.1) is 15.7 Å². The van der Waals surface area contributed by atoms with Crippen molar-refractivity contribution in [3.8, 4) is 5.69 Å². The van der Waals surface area contributed by atoms with Crippen LogP contribution in [0.1, 0.15) is 10.5 Å². The second-order valence-electron chi connectivity index (χ2n) is 4.79. The van der Waals surface area contributed by atoms with Crippen molar-refractivity contribution in [3.63, 3.8) is 0 Å². The van der Waals surface area contributed by atoms with Crippen molar-refractivity contribution >= 4 is 29.1 Å². The van der Waals surface area contributed by atoms with E-state index in [0.717, 1.165) is 18.8 Å². The highest BCUT2D eigenvalue weighted by Crippen LogP contribution is 2.24. The van der Waals surface area contributed by atoms with Crippen LogP contribution in [0, 0.1) is 0 Å². The first-order valence-electron chi connectivity index (χ1n) is 6.66. The molecule has 1 amide bonds. The summed E-state index contributed by atoms with van der Waals surface area (Å²) >= 11 is 11.9. The molecule has 0 spiro atoms. The Balaban J connectivity index is 1.82. The Labute approximate surface area is 132 Å². The van der Waals surface area contributed by atoms with E-state index < -0.39 is 0 Å². The molecule has 0 aliphatic carbocycles. The number of rotatable bonds is 2. The molecule has 3 rings (SSSR count). The Morgan fingerprint density at radius 2 is 1.90 bits per heavy atom. The Morgan fingerprint density at radius 3 is 2.62 bits per heavy atom. The number of carbonyl (C=O) groups is 1. The number of aromatic nitrogens is 2. The van der Waals surface area contributed by atoms with Crippen molar-refractivity contribution in [2.24, 2.45) is 0 Å². The van der Waals surface area contributed by atoms with E-state index in [1.807, 2.05) is 0 Å². The fourth-order valence-electron chi connectivity index (χ4n) is 2.24. The highest BCUT2D eigenvalue weighted by Gasteiger charge is 2.20. The number of nitrogens with one attached hydrogen (secondary N) is 1. The molecule has 2 aromatic rings. The molecule has 1 saturated heterocycles. The average Bonchev–Trinajstić information content (AvgIpc) is 3.00. The van der Waals surface area contributed by atoms with Crippen LogP contribution in [0.5, 0.6) is 0 Å². The maximum atomic E-state index is 12.3. The van der Waals surface area contributed by atoms with Crippen LogP contribution >= 0.6 is 23.2 Å². The third kappa shape index (κ3) is 3.05. The molecule has 0 radical (unpaired) electrons. The SMILES string of the molecule is O=C(c1ccn(-c2ccc(Cl)c(Cl)c2)n1)N1CCNCC1. The molecule has 5 nitrogen and oxygen atoms in total. The molecule has 0 bridgehead atoms. The quantitative estimate of drug-likeness (QED) is 0.921. The second-order valence-corrected chi connectivity index (χ2v) is 5.60. The van der Waals surface area contributed by atoms with Gasteiger partial charge < -0.3 is 10.2 Å². The molecule has 0 atom stereocenters. The smallest absolute Gasteiger partial charge is 0.274 e. The fraction of sp³-hybridized carbons (Fsp3) is 0.286. The number of halogens is 2. The molecule has 2 heterocycles. The molecule has 110 valence electrons. The van der Waals surface area contributed by atoms with Gasteiger partial charge in [0.2, 0.25) is 0 Å². The van der Waals surface area contributed by atoms with Gasteiger partial charge in [0.15, 0.2) is 5.69 Å². The molecular formula is C14H14Cl2N4O. The first-order valence-corrected chi connectivity index (χ1v) is 7.42. The van der Waals surface area contributed by atoms with Gasteiger partial charge in [-0.25, -0.2) is 4.68 Å². The Hall–Kier alpha value is -1.56. The van der Waals surface area contributed by atoms with Crippen LogP contribution in [0.2, 0.25) is 10.0 Å². The van der Waals surface area contributed by atoms with E-state index >= 15 is 0 Å². The van der Waals surface area contributed by atoms with Gasteiger partial charge in [-0.15, -0.1) is 0 Å². The van der Waals surface area contributed by atoms with Crippen LogP contribution in [0.3, 0.4) is 0 Å². The summed E-state index contributed by atoms with van der Waals surface area (Å²) in [4.78, 5) is 14.1. The summed E-state index contributed by atoms with van der Waals surface area (Å²) in [5.74, 6) is -0.0460. The number of amides is 1.